The van der Waals surface area contributed by atoms with Crippen molar-refractivity contribution in [2.45, 2.75) is 45.4 Å². The van der Waals surface area contributed by atoms with Gasteiger partial charge < -0.3 is 14.4 Å². The Kier molecular flexibility index (Phi) is 9.59. The maximum atomic E-state index is 15.2. The molecule has 0 N–H and O–H groups in total. The van der Waals surface area contributed by atoms with Crippen LogP contribution in [0.1, 0.15) is 44.7 Å². The number of hydrogen-bond acceptors (Lipinski definition) is 9. The molecule has 2 aliphatic rings. The molecule has 0 spiro atoms. The average Bonchev–Trinajstić information content (AvgIpc) is 3.51. The second-order valence-corrected chi connectivity index (χ2v) is 13.7. The largest absolute Gasteiger partial charge is 0.453 e. The van der Waals surface area contributed by atoms with Gasteiger partial charge in [-0.15, -0.1) is 0 Å². The van der Waals surface area contributed by atoms with Crippen molar-refractivity contribution in [2.75, 3.05) is 30.6 Å². The summed E-state index contributed by atoms with van der Waals surface area (Å²) in [5.74, 6) is -1.50. The van der Waals surface area contributed by atoms with Crippen molar-refractivity contribution in [1.82, 2.24) is 19.5 Å². The van der Waals surface area contributed by atoms with Crippen LogP contribution >= 0.6 is 0 Å². The van der Waals surface area contributed by atoms with E-state index < -0.39 is 45.4 Å². The highest BCUT2D eigenvalue weighted by atomic mass is 32.2. The van der Waals surface area contributed by atoms with Crippen molar-refractivity contribution in [1.29, 1.82) is 5.26 Å². The van der Waals surface area contributed by atoms with E-state index in [2.05, 4.69) is 11.1 Å². The zero-order chi connectivity index (χ0) is 35.7. The van der Waals surface area contributed by atoms with Gasteiger partial charge >= 0.3 is 6.09 Å². The lowest BCUT2D eigenvalue weighted by atomic mass is 10.0. The predicted octanol–water partition coefficient (Wildman–Crippen LogP) is 5.50. The monoisotopic (exact) mass is 704 g/mol. The first-order chi connectivity index (χ1) is 23.8. The number of alkyl halides is 1. The number of anilines is 1. The van der Waals surface area contributed by atoms with E-state index in [0.29, 0.717) is 30.7 Å². The van der Waals surface area contributed by atoms with Crippen LogP contribution in [0.5, 0.6) is 11.5 Å². The summed E-state index contributed by atoms with van der Waals surface area (Å²) in [5, 5.41) is 11.4. The third-order valence-corrected chi connectivity index (χ3v) is 8.99. The molecule has 15 heteroatoms. The summed E-state index contributed by atoms with van der Waals surface area (Å²) >= 11 is 0. The predicted molar refractivity (Wildman–Crippen MR) is 183 cm³/mol. The summed E-state index contributed by atoms with van der Waals surface area (Å²) in [6.07, 6.45) is 2.60. The number of halogens is 2. The number of ether oxygens (including phenoxy) is 2. The van der Waals surface area contributed by atoms with Gasteiger partial charge in [-0.05, 0) is 87.2 Å². The van der Waals surface area contributed by atoms with Crippen molar-refractivity contribution in [3.8, 4) is 23.3 Å². The zero-order valence-electron chi connectivity index (χ0n) is 27.5. The maximum Gasteiger partial charge on any atom is 0.410 e. The van der Waals surface area contributed by atoms with Crippen LogP contribution in [0.15, 0.2) is 71.8 Å². The van der Waals surface area contributed by atoms with Crippen LogP contribution in [0, 0.1) is 17.1 Å². The number of hydrogen-bond donors (Lipinski definition) is 1. The fourth-order valence-electron chi connectivity index (χ4n) is 5.88. The molecule has 3 aromatic carbocycles. The van der Waals surface area contributed by atoms with Crippen molar-refractivity contribution in [3.63, 3.8) is 0 Å². The van der Waals surface area contributed by atoms with Gasteiger partial charge in [0.15, 0.2) is 11.6 Å². The molecule has 12 nitrogen and oxygen atoms in total. The molecule has 2 aliphatic heterocycles. The van der Waals surface area contributed by atoms with Crippen molar-refractivity contribution < 1.29 is 31.5 Å². The van der Waals surface area contributed by atoms with Gasteiger partial charge in [-0.2, -0.15) is 5.26 Å². The molecule has 1 fully saturated rings. The number of rotatable bonds is 7. The van der Waals surface area contributed by atoms with Gasteiger partial charge in [-0.1, -0.05) is 18.2 Å². The summed E-state index contributed by atoms with van der Waals surface area (Å²) in [6, 6.07) is 15.4. The van der Waals surface area contributed by atoms with E-state index >= 15 is 4.39 Å². The standard InChI is InChI=1S/C35H34F2N6O6S/c1-35(2,3)49-34(45)40-15-4-5-23(19-40)22-6-8-25(9-7-22)42-21-39-30-12-10-26(17-27(30)33(42)44)48-32-28(18-38)31(13-11-29(32)37)43(50(46)47)41-16-14-24(36)20-41/h5-13,17,21,24,50H,4,14-16,19-20H2,1-3H3/t24-/m1/s1. The number of amides is 1. The lowest BCUT2D eigenvalue weighted by Gasteiger charge is -2.30. The Morgan fingerprint density at radius 2 is 1.86 bits per heavy atom. The number of carbonyl (C=O) groups excluding carboxylic acids is 1. The summed E-state index contributed by atoms with van der Waals surface area (Å²) in [5.41, 5.74) is 1.03. The second-order valence-electron chi connectivity index (χ2n) is 12.9. The number of thiol groups is 1. The highest BCUT2D eigenvalue weighted by Gasteiger charge is 2.32. The number of hydrazine groups is 1. The van der Waals surface area contributed by atoms with E-state index in [1.165, 1.54) is 34.1 Å². The van der Waals surface area contributed by atoms with Gasteiger partial charge in [0.2, 0.25) is 10.9 Å². The zero-order valence-corrected chi connectivity index (χ0v) is 28.4. The lowest BCUT2D eigenvalue weighted by molar-refractivity contribution is 0.0273. The Bertz CT molecular complexity index is 2170. The van der Waals surface area contributed by atoms with E-state index in [-0.39, 0.29) is 42.4 Å². The minimum absolute atomic E-state index is 0.00104. The molecule has 0 saturated carbocycles. The van der Waals surface area contributed by atoms with E-state index in [4.69, 9.17) is 9.47 Å². The number of benzene rings is 3. The fourth-order valence-corrected chi connectivity index (χ4v) is 6.59. The summed E-state index contributed by atoms with van der Waals surface area (Å²) in [6.45, 7) is 6.27. The van der Waals surface area contributed by atoms with Crippen LogP contribution in [0.4, 0.5) is 19.3 Å². The molecule has 1 amide bonds. The van der Waals surface area contributed by atoms with Crippen LogP contribution in [0.3, 0.4) is 0 Å². The van der Waals surface area contributed by atoms with E-state index in [1.54, 1.807) is 17.0 Å². The first kappa shape index (κ1) is 34.5. The second kappa shape index (κ2) is 13.9. The summed E-state index contributed by atoms with van der Waals surface area (Å²) < 4.78 is 66.9. The van der Waals surface area contributed by atoms with Crippen molar-refractivity contribution in [2.24, 2.45) is 0 Å². The molecule has 0 radical (unpaired) electrons. The Balaban J connectivity index is 1.27. The molecule has 4 aromatic rings. The minimum Gasteiger partial charge on any atom is -0.453 e. The van der Waals surface area contributed by atoms with Crippen LogP contribution in [0.25, 0.3) is 22.2 Å². The van der Waals surface area contributed by atoms with Crippen LogP contribution in [-0.2, 0) is 15.6 Å². The molecular formula is C35H34F2N6O6S. The molecule has 0 bridgehead atoms. The number of nitriles is 1. The van der Waals surface area contributed by atoms with Crippen molar-refractivity contribution >= 4 is 39.1 Å². The molecular weight excluding hydrogens is 670 g/mol. The minimum atomic E-state index is -3.36. The van der Waals surface area contributed by atoms with Gasteiger partial charge in [-0.25, -0.2) is 36.4 Å². The van der Waals surface area contributed by atoms with Crippen LogP contribution < -0.4 is 14.7 Å². The van der Waals surface area contributed by atoms with Gasteiger partial charge in [0.05, 0.1) is 28.8 Å². The molecule has 260 valence electrons. The molecule has 0 unspecified atom stereocenters. The third-order valence-electron chi connectivity index (χ3n) is 8.22. The Morgan fingerprint density at radius 1 is 1.10 bits per heavy atom. The smallest absolute Gasteiger partial charge is 0.410 e. The molecule has 3 heterocycles. The normalized spacial score (nSPS) is 16.7. The Labute approximate surface area is 288 Å². The van der Waals surface area contributed by atoms with Crippen LogP contribution in [0.2, 0.25) is 0 Å². The quantitative estimate of drug-likeness (QED) is 0.247. The fraction of sp³-hybridized carbons (Fsp3) is 0.314. The van der Waals surface area contributed by atoms with Gasteiger partial charge in [-0.3, -0.25) is 9.36 Å². The van der Waals surface area contributed by atoms with Gasteiger partial charge in [0.25, 0.3) is 5.56 Å². The molecule has 0 aliphatic carbocycles. The van der Waals surface area contributed by atoms with E-state index in [1.807, 2.05) is 39.0 Å². The number of carbonyl (C=O) groups is 1. The number of fused-ring (bicyclic) bond motifs is 1. The maximum absolute atomic E-state index is 15.2. The number of nitrogens with zero attached hydrogens (tertiary/aromatic N) is 6. The first-order valence-electron chi connectivity index (χ1n) is 15.9. The lowest BCUT2D eigenvalue weighted by Crippen LogP contribution is -2.40. The Morgan fingerprint density at radius 3 is 2.52 bits per heavy atom. The van der Waals surface area contributed by atoms with E-state index in [0.717, 1.165) is 27.7 Å². The first-order valence-corrected chi connectivity index (χ1v) is 17.0. The summed E-state index contributed by atoms with van der Waals surface area (Å²) in [7, 11) is -3.36. The Hall–Kier alpha value is -5.33. The third kappa shape index (κ3) is 7.17. The number of aromatic nitrogens is 2. The highest BCUT2D eigenvalue weighted by molar-refractivity contribution is 7.73. The SMILES string of the molecule is CC(C)(C)OC(=O)N1CCC=C(c2ccc(-n3cnc4ccc(Oc5c(F)ccc(N(N6CC[C@@H](F)C6)[SH](=O)=O)c5C#N)cc4c3=O)cc2)C1. The molecule has 1 saturated heterocycles. The van der Waals surface area contributed by atoms with Crippen LogP contribution in [-0.4, -0.2) is 71.9 Å². The molecule has 50 heavy (non-hydrogen) atoms. The average molecular weight is 705 g/mol. The highest BCUT2D eigenvalue weighted by Crippen LogP contribution is 2.37. The topological polar surface area (TPSA) is 138 Å². The van der Waals surface area contributed by atoms with Gasteiger partial charge in [0, 0.05) is 19.6 Å². The van der Waals surface area contributed by atoms with Crippen molar-refractivity contribution in [3.05, 3.63) is 94.3 Å². The molecule has 6 rings (SSSR count). The van der Waals surface area contributed by atoms with E-state index in [9.17, 15) is 27.7 Å². The molecule has 1 atom stereocenters. The summed E-state index contributed by atoms with van der Waals surface area (Å²) in [4.78, 5) is 32.4. The van der Waals surface area contributed by atoms with Gasteiger partial charge in [0.1, 0.15) is 35.5 Å². The molecule has 1 aromatic heterocycles.